The Labute approximate surface area is 143 Å². The number of carbonyl (C=O) groups excluding carboxylic acids is 1. The molecule has 2 aromatic carbocycles. The minimum atomic E-state index is -0.998. The third kappa shape index (κ3) is 2.37. The van der Waals surface area contributed by atoms with E-state index in [0.717, 1.165) is 16.3 Å². The fourth-order valence-electron chi connectivity index (χ4n) is 3.13. The lowest BCUT2D eigenvalue weighted by Gasteiger charge is -2.07. The summed E-state index contributed by atoms with van der Waals surface area (Å²) in [6.07, 6.45) is 3.26. The van der Waals surface area contributed by atoms with Crippen LogP contribution in [-0.4, -0.2) is 26.5 Å². The van der Waals surface area contributed by atoms with Crippen molar-refractivity contribution in [2.45, 2.75) is 6.92 Å². The van der Waals surface area contributed by atoms with E-state index in [1.54, 1.807) is 41.2 Å². The second kappa shape index (κ2) is 5.56. The van der Waals surface area contributed by atoms with Crippen molar-refractivity contribution in [3.63, 3.8) is 0 Å². The van der Waals surface area contributed by atoms with Gasteiger partial charge in [0.2, 0.25) is 0 Å². The van der Waals surface area contributed by atoms with E-state index in [1.807, 2.05) is 25.1 Å². The third-order valence-corrected chi connectivity index (χ3v) is 4.28. The summed E-state index contributed by atoms with van der Waals surface area (Å²) >= 11 is 0. The minimum absolute atomic E-state index is 0.167. The van der Waals surface area contributed by atoms with Gasteiger partial charge in [0.1, 0.15) is 0 Å². The van der Waals surface area contributed by atoms with E-state index in [0.29, 0.717) is 16.6 Å². The lowest BCUT2D eigenvalue weighted by molar-refractivity contribution is 0.0697. The molecule has 0 bridgehead atoms. The molecule has 0 aliphatic heterocycles. The highest BCUT2D eigenvalue weighted by Crippen LogP contribution is 2.30. The van der Waals surface area contributed by atoms with Crippen molar-refractivity contribution in [2.24, 2.45) is 0 Å². The highest BCUT2D eigenvalue weighted by atomic mass is 16.4. The number of carboxylic acid groups (broad SMARTS) is 1. The van der Waals surface area contributed by atoms with Crippen LogP contribution in [0.4, 0.5) is 0 Å². The van der Waals surface area contributed by atoms with Crippen LogP contribution in [0.3, 0.4) is 0 Å². The fraction of sp³-hybridized carbons (Fsp3) is 0.0500. The van der Waals surface area contributed by atoms with Crippen LogP contribution in [0.25, 0.3) is 21.8 Å². The largest absolute Gasteiger partial charge is 0.478 e. The molecule has 0 unspecified atom stereocenters. The zero-order valence-electron chi connectivity index (χ0n) is 13.4. The second-order valence-corrected chi connectivity index (χ2v) is 5.94. The molecule has 0 fully saturated rings. The third-order valence-electron chi connectivity index (χ3n) is 4.28. The molecule has 1 N–H and O–H groups in total. The van der Waals surface area contributed by atoms with Crippen LogP contribution in [-0.2, 0) is 0 Å². The van der Waals surface area contributed by atoms with Crippen molar-refractivity contribution >= 4 is 33.7 Å². The summed E-state index contributed by atoms with van der Waals surface area (Å²) in [7, 11) is 0. The van der Waals surface area contributed by atoms with Crippen LogP contribution >= 0.6 is 0 Å². The van der Waals surface area contributed by atoms with Gasteiger partial charge in [-0.05, 0) is 43.3 Å². The Balaban J connectivity index is 2.05. The summed E-state index contributed by atoms with van der Waals surface area (Å²) in [5, 5.41) is 10.8. The van der Waals surface area contributed by atoms with Gasteiger partial charge >= 0.3 is 5.97 Å². The molecule has 122 valence electrons. The molecule has 2 heterocycles. The van der Waals surface area contributed by atoms with E-state index in [9.17, 15) is 14.7 Å². The van der Waals surface area contributed by atoms with E-state index < -0.39 is 5.97 Å². The summed E-state index contributed by atoms with van der Waals surface area (Å²) in [6, 6.07) is 14.0. The lowest BCUT2D eigenvalue weighted by Crippen LogP contribution is -2.12. The van der Waals surface area contributed by atoms with Crippen LogP contribution in [0.5, 0.6) is 0 Å². The number of aryl methyl sites for hydroxylation is 1. The van der Waals surface area contributed by atoms with Crippen LogP contribution in [0.1, 0.15) is 26.3 Å². The molecule has 0 radical (unpaired) electrons. The first-order chi connectivity index (χ1) is 12.1. The van der Waals surface area contributed by atoms with Crippen molar-refractivity contribution in [3.8, 4) is 0 Å². The molecule has 5 heteroatoms. The fourth-order valence-corrected chi connectivity index (χ4v) is 3.13. The SMILES string of the molecule is Cc1cccc(C(=O)n2c3ccc(C(=O)O)cc3c3ccncc32)c1. The molecule has 0 aliphatic rings. The predicted molar refractivity (Wildman–Crippen MR) is 95.1 cm³/mol. The highest BCUT2D eigenvalue weighted by Gasteiger charge is 2.18. The highest BCUT2D eigenvalue weighted by molar-refractivity contribution is 6.17. The maximum absolute atomic E-state index is 13.1. The number of aromatic nitrogens is 2. The number of pyridine rings is 1. The Hall–Kier alpha value is -3.47. The van der Waals surface area contributed by atoms with E-state index >= 15 is 0 Å². The van der Waals surface area contributed by atoms with Gasteiger partial charge in [-0.1, -0.05) is 17.7 Å². The van der Waals surface area contributed by atoms with E-state index in [4.69, 9.17) is 0 Å². The Morgan fingerprint density at radius 1 is 0.960 bits per heavy atom. The zero-order valence-corrected chi connectivity index (χ0v) is 13.4. The summed E-state index contributed by atoms with van der Waals surface area (Å²) in [6.45, 7) is 1.93. The van der Waals surface area contributed by atoms with Crippen molar-refractivity contribution in [2.75, 3.05) is 0 Å². The molecule has 0 atom stereocenters. The molecule has 0 amide bonds. The van der Waals surface area contributed by atoms with Gasteiger partial charge in [-0.2, -0.15) is 0 Å². The summed E-state index contributed by atoms with van der Waals surface area (Å²) < 4.78 is 1.60. The topological polar surface area (TPSA) is 72.2 Å². The standard InChI is InChI=1S/C20H14N2O3/c1-12-3-2-4-13(9-12)19(23)22-17-6-5-14(20(24)25)10-16(17)15-7-8-21-11-18(15)22/h2-11H,1H3,(H,24,25). The van der Waals surface area contributed by atoms with Crippen LogP contribution in [0, 0.1) is 6.92 Å². The monoisotopic (exact) mass is 330 g/mol. The van der Waals surface area contributed by atoms with Gasteiger partial charge in [0, 0.05) is 22.5 Å². The molecule has 0 saturated carbocycles. The molecule has 4 rings (SSSR count). The van der Waals surface area contributed by atoms with Crippen molar-refractivity contribution in [3.05, 3.63) is 77.6 Å². The summed E-state index contributed by atoms with van der Waals surface area (Å²) in [5.41, 5.74) is 3.08. The maximum atomic E-state index is 13.1. The van der Waals surface area contributed by atoms with Gasteiger partial charge in [-0.15, -0.1) is 0 Å². The number of nitrogens with zero attached hydrogens (tertiary/aromatic N) is 2. The van der Waals surface area contributed by atoms with E-state index in [-0.39, 0.29) is 11.5 Å². The number of aromatic carboxylic acids is 1. The molecule has 2 aromatic heterocycles. The molecule has 0 aliphatic carbocycles. The Bertz CT molecular complexity index is 1160. The van der Waals surface area contributed by atoms with Crippen LogP contribution in [0.2, 0.25) is 0 Å². The molecular weight excluding hydrogens is 316 g/mol. The van der Waals surface area contributed by atoms with E-state index in [2.05, 4.69) is 4.98 Å². The molecule has 25 heavy (non-hydrogen) atoms. The van der Waals surface area contributed by atoms with Gasteiger partial charge < -0.3 is 5.11 Å². The first-order valence-corrected chi connectivity index (χ1v) is 7.79. The molecular formula is C20H14N2O3. The maximum Gasteiger partial charge on any atom is 0.335 e. The van der Waals surface area contributed by atoms with Gasteiger partial charge in [-0.25, -0.2) is 4.79 Å². The normalized spacial score (nSPS) is 11.1. The van der Waals surface area contributed by atoms with Gasteiger partial charge in [0.25, 0.3) is 5.91 Å². The van der Waals surface area contributed by atoms with Crippen LogP contribution in [0.15, 0.2) is 60.9 Å². The zero-order chi connectivity index (χ0) is 17.6. The Morgan fingerprint density at radius 2 is 1.80 bits per heavy atom. The quantitative estimate of drug-likeness (QED) is 0.605. The number of hydrogen-bond acceptors (Lipinski definition) is 3. The number of carboxylic acids is 1. The smallest absolute Gasteiger partial charge is 0.335 e. The number of rotatable bonds is 2. The predicted octanol–water partition coefficient (Wildman–Crippen LogP) is 3.88. The second-order valence-electron chi connectivity index (χ2n) is 5.94. The van der Waals surface area contributed by atoms with Crippen molar-refractivity contribution < 1.29 is 14.7 Å². The summed E-state index contributed by atoms with van der Waals surface area (Å²) in [5.74, 6) is -1.17. The lowest BCUT2D eigenvalue weighted by atomic mass is 10.1. The number of benzene rings is 2. The van der Waals surface area contributed by atoms with Crippen LogP contribution < -0.4 is 0 Å². The number of carbonyl (C=O) groups is 2. The van der Waals surface area contributed by atoms with Crippen molar-refractivity contribution in [1.82, 2.24) is 9.55 Å². The first kappa shape index (κ1) is 15.1. The van der Waals surface area contributed by atoms with E-state index in [1.165, 1.54) is 6.07 Å². The van der Waals surface area contributed by atoms with Gasteiger partial charge in [-0.3, -0.25) is 14.3 Å². The number of hydrogen-bond donors (Lipinski definition) is 1. The molecule has 0 saturated heterocycles. The molecule has 5 nitrogen and oxygen atoms in total. The number of fused-ring (bicyclic) bond motifs is 3. The molecule has 0 spiro atoms. The average molecular weight is 330 g/mol. The first-order valence-electron chi connectivity index (χ1n) is 7.79. The average Bonchev–Trinajstić information content (AvgIpc) is 2.95. The minimum Gasteiger partial charge on any atom is -0.478 e. The Kier molecular flexibility index (Phi) is 3.35. The van der Waals surface area contributed by atoms with Crippen molar-refractivity contribution in [1.29, 1.82) is 0 Å². The van der Waals surface area contributed by atoms with Gasteiger partial charge in [0.05, 0.1) is 22.8 Å². The molecule has 4 aromatic rings. The van der Waals surface area contributed by atoms with Gasteiger partial charge in [0.15, 0.2) is 0 Å². The Morgan fingerprint density at radius 3 is 2.56 bits per heavy atom. The summed E-state index contributed by atoms with van der Waals surface area (Å²) in [4.78, 5) is 28.6.